The molecule has 5 nitrogen and oxygen atoms in total. The number of hydrogen-bond acceptors (Lipinski definition) is 6. The molecule has 1 atom stereocenters. The van der Waals surface area contributed by atoms with Crippen LogP contribution in [0.5, 0.6) is 0 Å². The number of rotatable bonds is 8. The van der Waals surface area contributed by atoms with E-state index < -0.39 is 0 Å². The summed E-state index contributed by atoms with van der Waals surface area (Å²) in [5.41, 5.74) is 1.59. The molecule has 7 heteroatoms. The quantitative estimate of drug-likeness (QED) is 0.750. The Kier molecular flexibility index (Phi) is 6.82. The topological polar surface area (TPSA) is 64.1 Å². The molecule has 0 aliphatic rings. The number of pyridine rings is 1. The second-order valence-electron chi connectivity index (χ2n) is 4.54. The van der Waals surface area contributed by atoms with Crippen molar-refractivity contribution in [3.63, 3.8) is 0 Å². The Balaban J connectivity index is 1.95. The van der Waals surface area contributed by atoms with E-state index in [9.17, 15) is 4.79 Å². The van der Waals surface area contributed by atoms with Crippen LogP contribution in [0.4, 0.5) is 0 Å². The fraction of sp³-hybridized carbons (Fsp3) is 0.400. The molecule has 0 aromatic carbocycles. The maximum atomic E-state index is 12.2. The van der Waals surface area contributed by atoms with Crippen molar-refractivity contribution in [2.45, 2.75) is 23.7 Å². The molecule has 0 saturated carbocycles. The van der Waals surface area contributed by atoms with Crippen LogP contribution in [0.15, 0.2) is 34.1 Å². The Morgan fingerprint density at radius 2 is 2.36 bits per heavy atom. The molecule has 0 aliphatic carbocycles. The van der Waals surface area contributed by atoms with Crippen LogP contribution in [0.2, 0.25) is 0 Å². The summed E-state index contributed by atoms with van der Waals surface area (Å²) in [4.78, 5) is 20.9. The van der Waals surface area contributed by atoms with Crippen LogP contribution in [0.1, 0.15) is 24.4 Å². The van der Waals surface area contributed by atoms with Crippen molar-refractivity contribution in [2.24, 2.45) is 0 Å². The van der Waals surface area contributed by atoms with Gasteiger partial charge >= 0.3 is 0 Å². The maximum absolute atomic E-state index is 12.2. The minimum Gasteiger partial charge on any atom is -0.382 e. The zero-order valence-electron chi connectivity index (χ0n) is 12.6. The van der Waals surface area contributed by atoms with Crippen molar-refractivity contribution >= 4 is 29.0 Å². The molecule has 0 unspecified atom stereocenters. The van der Waals surface area contributed by atoms with Gasteiger partial charge in [-0.15, -0.1) is 11.3 Å². The van der Waals surface area contributed by atoms with Gasteiger partial charge in [-0.25, -0.2) is 4.98 Å². The van der Waals surface area contributed by atoms with Gasteiger partial charge in [-0.2, -0.15) is 0 Å². The molecule has 0 radical (unpaired) electrons. The van der Waals surface area contributed by atoms with Crippen LogP contribution in [0, 0.1) is 0 Å². The largest absolute Gasteiger partial charge is 0.382 e. The summed E-state index contributed by atoms with van der Waals surface area (Å²) in [7, 11) is 1.61. The number of thioether (sulfide) groups is 1. The lowest BCUT2D eigenvalue weighted by Crippen LogP contribution is -2.33. The standard InChI is InChI=1S/C15H19N3O2S2/c1-3-21-15-17-11(10-22-15)8-14(19)18-13(9-20-2)12-6-4-5-7-16-12/h4-7,10,13H,3,8-9H2,1-2H3,(H,18,19)/t13-/m0/s1. The van der Waals surface area contributed by atoms with Gasteiger partial charge in [0.25, 0.3) is 0 Å². The molecule has 2 aromatic heterocycles. The number of nitrogens with one attached hydrogen (secondary N) is 1. The van der Waals surface area contributed by atoms with Crippen LogP contribution in [0.3, 0.4) is 0 Å². The zero-order chi connectivity index (χ0) is 15.8. The molecule has 1 N–H and O–H groups in total. The molecule has 2 aromatic rings. The first kappa shape index (κ1) is 16.9. The van der Waals surface area contributed by atoms with Crippen molar-refractivity contribution in [1.29, 1.82) is 0 Å². The first-order chi connectivity index (χ1) is 10.7. The lowest BCUT2D eigenvalue weighted by atomic mass is 10.2. The summed E-state index contributed by atoms with van der Waals surface area (Å²) in [6, 6.07) is 5.37. The van der Waals surface area contributed by atoms with E-state index in [4.69, 9.17) is 4.74 Å². The normalized spacial score (nSPS) is 12.1. The third-order valence-corrected chi connectivity index (χ3v) is 4.81. The van der Waals surface area contributed by atoms with E-state index in [0.717, 1.165) is 21.5 Å². The highest BCUT2D eigenvalue weighted by Gasteiger charge is 2.16. The van der Waals surface area contributed by atoms with E-state index in [1.807, 2.05) is 23.6 Å². The van der Waals surface area contributed by atoms with E-state index in [0.29, 0.717) is 6.61 Å². The first-order valence-corrected chi connectivity index (χ1v) is 8.86. The Labute approximate surface area is 138 Å². The third kappa shape index (κ3) is 5.08. The Morgan fingerprint density at radius 1 is 1.50 bits per heavy atom. The smallest absolute Gasteiger partial charge is 0.226 e. The fourth-order valence-corrected chi connectivity index (χ4v) is 3.66. The van der Waals surface area contributed by atoms with Gasteiger partial charge in [0.1, 0.15) is 4.34 Å². The van der Waals surface area contributed by atoms with Crippen molar-refractivity contribution in [2.75, 3.05) is 19.5 Å². The van der Waals surface area contributed by atoms with Gasteiger partial charge in [0, 0.05) is 18.7 Å². The predicted molar refractivity (Wildman–Crippen MR) is 89.2 cm³/mol. The average Bonchev–Trinajstić information content (AvgIpc) is 2.95. The van der Waals surface area contributed by atoms with Crippen LogP contribution in [-0.2, 0) is 16.0 Å². The number of carbonyl (C=O) groups excluding carboxylic acids is 1. The molecular formula is C15H19N3O2S2. The third-order valence-electron chi connectivity index (χ3n) is 2.85. The number of methoxy groups -OCH3 is 1. The summed E-state index contributed by atoms with van der Waals surface area (Å²) in [6.07, 6.45) is 1.98. The van der Waals surface area contributed by atoms with E-state index in [2.05, 4.69) is 22.2 Å². The molecular weight excluding hydrogens is 318 g/mol. The van der Waals surface area contributed by atoms with E-state index in [-0.39, 0.29) is 18.4 Å². The minimum absolute atomic E-state index is 0.0777. The van der Waals surface area contributed by atoms with Crippen molar-refractivity contribution in [3.05, 3.63) is 41.2 Å². The van der Waals surface area contributed by atoms with E-state index in [1.165, 1.54) is 0 Å². The average molecular weight is 337 g/mol. The molecule has 2 rings (SSSR count). The molecule has 0 aliphatic heterocycles. The SMILES string of the molecule is CCSc1nc(CC(=O)N[C@@H](COC)c2ccccn2)cs1. The molecule has 22 heavy (non-hydrogen) atoms. The molecule has 118 valence electrons. The second-order valence-corrected chi connectivity index (χ2v) is 6.91. The molecule has 0 spiro atoms. The number of ether oxygens (including phenoxy) is 1. The van der Waals surface area contributed by atoms with Crippen molar-refractivity contribution in [1.82, 2.24) is 15.3 Å². The molecule has 0 saturated heterocycles. The van der Waals surface area contributed by atoms with Gasteiger partial charge in [-0.05, 0) is 17.9 Å². The van der Waals surface area contributed by atoms with Crippen LogP contribution in [0.25, 0.3) is 0 Å². The number of hydrogen-bond donors (Lipinski definition) is 1. The Hall–Kier alpha value is -1.44. The first-order valence-electron chi connectivity index (χ1n) is 6.99. The molecule has 0 fully saturated rings. The number of nitrogens with zero attached hydrogens (tertiary/aromatic N) is 2. The Bertz CT molecular complexity index is 589. The summed E-state index contributed by atoms with van der Waals surface area (Å²) in [6.45, 7) is 2.47. The number of thiazole rings is 1. The van der Waals surface area contributed by atoms with E-state index in [1.54, 1.807) is 36.4 Å². The van der Waals surface area contributed by atoms with Crippen molar-refractivity contribution in [3.8, 4) is 0 Å². The Morgan fingerprint density at radius 3 is 3.05 bits per heavy atom. The fourth-order valence-electron chi connectivity index (χ4n) is 1.92. The van der Waals surface area contributed by atoms with Crippen LogP contribution < -0.4 is 5.32 Å². The molecule has 2 heterocycles. The number of amides is 1. The van der Waals surface area contributed by atoms with E-state index >= 15 is 0 Å². The summed E-state index contributed by atoms with van der Waals surface area (Å²) in [5.74, 6) is 0.903. The molecule has 1 amide bonds. The van der Waals surface area contributed by atoms with Gasteiger partial charge in [0.05, 0.1) is 30.5 Å². The highest BCUT2D eigenvalue weighted by molar-refractivity contribution is 8.00. The number of aromatic nitrogens is 2. The van der Waals surface area contributed by atoms with Gasteiger partial charge in [0.15, 0.2) is 0 Å². The van der Waals surface area contributed by atoms with Gasteiger partial charge < -0.3 is 10.1 Å². The lowest BCUT2D eigenvalue weighted by Gasteiger charge is -2.17. The summed E-state index contributed by atoms with van der Waals surface area (Å²) >= 11 is 3.26. The molecule has 0 bridgehead atoms. The summed E-state index contributed by atoms with van der Waals surface area (Å²) in [5, 5.41) is 4.89. The van der Waals surface area contributed by atoms with Crippen LogP contribution in [-0.4, -0.2) is 35.3 Å². The maximum Gasteiger partial charge on any atom is 0.226 e. The minimum atomic E-state index is -0.248. The monoisotopic (exact) mass is 337 g/mol. The predicted octanol–water partition coefficient (Wildman–Crippen LogP) is 2.70. The second kappa shape index (κ2) is 8.87. The number of carbonyl (C=O) groups is 1. The van der Waals surface area contributed by atoms with Gasteiger partial charge in [-0.3, -0.25) is 9.78 Å². The lowest BCUT2D eigenvalue weighted by molar-refractivity contribution is -0.121. The zero-order valence-corrected chi connectivity index (χ0v) is 14.2. The highest BCUT2D eigenvalue weighted by atomic mass is 32.2. The van der Waals surface area contributed by atoms with Gasteiger partial charge in [0.2, 0.25) is 5.91 Å². The highest BCUT2D eigenvalue weighted by Crippen LogP contribution is 2.22. The van der Waals surface area contributed by atoms with Crippen LogP contribution >= 0.6 is 23.1 Å². The van der Waals surface area contributed by atoms with Gasteiger partial charge in [-0.1, -0.05) is 24.8 Å². The summed E-state index contributed by atoms with van der Waals surface area (Å²) < 4.78 is 6.18. The van der Waals surface area contributed by atoms with Crippen molar-refractivity contribution < 1.29 is 9.53 Å².